The Morgan fingerprint density at radius 2 is 1.53 bits per heavy atom. The van der Waals surface area contributed by atoms with Crippen LogP contribution in [0.25, 0.3) is 0 Å². The van der Waals surface area contributed by atoms with Gasteiger partial charge in [0.1, 0.15) is 0 Å². The van der Waals surface area contributed by atoms with Crippen LogP contribution in [0.2, 0.25) is 0 Å². The summed E-state index contributed by atoms with van der Waals surface area (Å²) in [5, 5.41) is 0. The van der Waals surface area contributed by atoms with E-state index in [4.69, 9.17) is 0 Å². The molecule has 0 N–H and O–H groups in total. The van der Waals surface area contributed by atoms with Gasteiger partial charge in [-0.1, -0.05) is 37.1 Å². The number of carbonyl (C=O) groups is 1. The van der Waals surface area contributed by atoms with E-state index in [0.29, 0.717) is 28.6 Å². The number of benzene rings is 2. The van der Waals surface area contributed by atoms with Gasteiger partial charge in [0.15, 0.2) is 9.84 Å². The van der Waals surface area contributed by atoms with E-state index in [9.17, 15) is 13.2 Å². The first-order valence-electron chi connectivity index (χ1n) is 14.4. The summed E-state index contributed by atoms with van der Waals surface area (Å²) in [6.45, 7) is 6.00. The Kier molecular flexibility index (Phi) is 6.79. The number of carbonyl (C=O) groups excluding carboxylic acids is 1. The molecule has 3 heterocycles. The molecular formula is C31H41N3O3S. The highest BCUT2D eigenvalue weighted by atomic mass is 32.2. The third-order valence-corrected chi connectivity index (χ3v) is 11.0. The van der Waals surface area contributed by atoms with Gasteiger partial charge in [-0.2, -0.15) is 0 Å². The van der Waals surface area contributed by atoms with Crippen LogP contribution in [0.4, 0.5) is 5.69 Å². The van der Waals surface area contributed by atoms with Gasteiger partial charge in [0.2, 0.25) is 5.91 Å². The summed E-state index contributed by atoms with van der Waals surface area (Å²) in [7, 11) is -1.15. The lowest BCUT2D eigenvalue weighted by atomic mass is 9.56. The molecule has 6 rings (SSSR count). The lowest BCUT2D eigenvalue weighted by Gasteiger charge is -2.52. The molecule has 1 aliphatic carbocycles. The molecule has 1 unspecified atom stereocenters. The van der Waals surface area contributed by atoms with Crippen LogP contribution in [0.15, 0.2) is 53.4 Å². The van der Waals surface area contributed by atoms with Gasteiger partial charge in [0, 0.05) is 51.1 Å². The van der Waals surface area contributed by atoms with E-state index in [1.807, 2.05) is 24.1 Å². The summed E-state index contributed by atoms with van der Waals surface area (Å²) in [4.78, 5) is 21.5. The maximum Gasteiger partial charge on any atom is 0.233 e. The fourth-order valence-corrected chi connectivity index (χ4v) is 8.69. The van der Waals surface area contributed by atoms with Crippen molar-refractivity contribution in [3.8, 4) is 0 Å². The molecule has 1 atom stereocenters. The standard InChI is InChI=1S/C31H41N3O3S/c1-32-22-24-7-3-6-10-29(24)31(30(32)35,25-8-4-5-9-25)26-15-17-33(18-16-26)19-23-20-34(21-23)27-11-13-28(14-12-27)38(2,36)37/h3,6-7,10-14,23,25-26H,4-5,8-9,15-22H2,1-2H3. The van der Waals surface area contributed by atoms with E-state index in [0.717, 1.165) is 57.8 Å². The fraction of sp³-hybridized carbons (Fsp3) is 0.581. The molecule has 1 amide bonds. The molecule has 204 valence electrons. The van der Waals surface area contributed by atoms with E-state index in [1.165, 1.54) is 43.1 Å². The van der Waals surface area contributed by atoms with Gasteiger partial charge >= 0.3 is 0 Å². The summed E-state index contributed by atoms with van der Waals surface area (Å²) in [5.74, 6) is 1.88. The van der Waals surface area contributed by atoms with Gasteiger partial charge < -0.3 is 14.7 Å². The van der Waals surface area contributed by atoms with Crippen LogP contribution in [-0.4, -0.2) is 70.2 Å². The van der Waals surface area contributed by atoms with Gasteiger partial charge in [-0.15, -0.1) is 0 Å². The zero-order valence-electron chi connectivity index (χ0n) is 22.8. The number of fused-ring (bicyclic) bond motifs is 1. The molecule has 3 aliphatic heterocycles. The maximum absolute atomic E-state index is 14.1. The van der Waals surface area contributed by atoms with Crippen molar-refractivity contribution in [3.63, 3.8) is 0 Å². The maximum atomic E-state index is 14.1. The third kappa shape index (κ3) is 4.45. The zero-order valence-corrected chi connectivity index (χ0v) is 23.6. The van der Waals surface area contributed by atoms with Gasteiger partial charge in [-0.25, -0.2) is 8.42 Å². The van der Waals surface area contributed by atoms with Crippen LogP contribution in [-0.2, 0) is 26.6 Å². The van der Waals surface area contributed by atoms with Crippen molar-refractivity contribution in [2.45, 2.75) is 55.4 Å². The van der Waals surface area contributed by atoms with Crippen LogP contribution in [0.5, 0.6) is 0 Å². The van der Waals surface area contributed by atoms with E-state index >= 15 is 0 Å². The molecule has 7 heteroatoms. The number of hydrogen-bond donors (Lipinski definition) is 0. The predicted molar refractivity (Wildman–Crippen MR) is 151 cm³/mol. The van der Waals surface area contributed by atoms with E-state index in [-0.39, 0.29) is 5.41 Å². The number of likely N-dealkylation sites (N-methyl/N-ethyl adjacent to an activating group) is 1. The minimum atomic E-state index is -3.16. The highest BCUT2D eigenvalue weighted by Gasteiger charge is 2.56. The van der Waals surface area contributed by atoms with E-state index in [2.05, 4.69) is 34.1 Å². The van der Waals surface area contributed by atoms with Gasteiger partial charge in [0.05, 0.1) is 10.3 Å². The first-order chi connectivity index (χ1) is 18.3. The van der Waals surface area contributed by atoms with E-state index in [1.54, 1.807) is 12.1 Å². The normalized spacial score (nSPS) is 26.0. The number of hydrogen-bond acceptors (Lipinski definition) is 5. The van der Waals surface area contributed by atoms with Crippen molar-refractivity contribution in [2.75, 3.05) is 50.9 Å². The Morgan fingerprint density at radius 3 is 2.18 bits per heavy atom. The van der Waals surface area contributed by atoms with Crippen molar-refractivity contribution in [3.05, 3.63) is 59.7 Å². The quantitative estimate of drug-likeness (QED) is 0.551. The first-order valence-corrected chi connectivity index (χ1v) is 16.3. The summed E-state index contributed by atoms with van der Waals surface area (Å²) >= 11 is 0. The Balaban J connectivity index is 1.11. The molecule has 0 radical (unpaired) electrons. The molecule has 3 fully saturated rings. The molecule has 0 bridgehead atoms. The highest BCUT2D eigenvalue weighted by molar-refractivity contribution is 7.90. The largest absolute Gasteiger partial charge is 0.371 e. The average molecular weight is 536 g/mol. The number of likely N-dealkylation sites (tertiary alicyclic amines) is 1. The van der Waals surface area contributed by atoms with Gasteiger partial charge in [-0.05, 0) is 86.0 Å². The van der Waals surface area contributed by atoms with Crippen molar-refractivity contribution in [2.24, 2.45) is 17.8 Å². The van der Waals surface area contributed by atoms with Crippen LogP contribution < -0.4 is 4.90 Å². The number of amides is 1. The van der Waals surface area contributed by atoms with Crippen LogP contribution in [0.3, 0.4) is 0 Å². The molecule has 2 aromatic carbocycles. The first kappa shape index (κ1) is 25.9. The minimum Gasteiger partial charge on any atom is -0.371 e. The Morgan fingerprint density at radius 1 is 0.895 bits per heavy atom. The van der Waals surface area contributed by atoms with E-state index < -0.39 is 9.84 Å². The topological polar surface area (TPSA) is 60.9 Å². The Hall–Kier alpha value is -2.38. The second-order valence-electron chi connectivity index (χ2n) is 12.3. The van der Waals surface area contributed by atoms with Crippen molar-refractivity contribution in [1.82, 2.24) is 9.80 Å². The van der Waals surface area contributed by atoms with Crippen LogP contribution in [0, 0.1) is 17.8 Å². The predicted octanol–water partition coefficient (Wildman–Crippen LogP) is 4.34. The third-order valence-electron chi connectivity index (χ3n) is 9.91. The number of rotatable bonds is 6. The van der Waals surface area contributed by atoms with Gasteiger partial charge in [0.25, 0.3) is 0 Å². The number of nitrogens with zero attached hydrogens (tertiary/aromatic N) is 3. The smallest absolute Gasteiger partial charge is 0.233 e. The van der Waals surface area contributed by atoms with Crippen molar-refractivity contribution in [1.29, 1.82) is 0 Å². The van der Waals surface area contributed by atoms with Crippen molar-refractivity contribution >= 4 is 21.4 Å². The molecule has 1 saturated carbocycles. The molecule has 38 heavy (non-hydrogen) atoms. The molecule has 2 aromatic rings. The number of sulfone groups is 1. The molecule has 0 aromatic heterocycles. The second kappa shape index (κ2) is 9.98. The summed E-state index contributed by atoms with van der Waals surface area (Å²) < 4.78 is 23.5. The number of anilines is 1. The SMILES string of the molecule is CN1Cc2ccccc2C(C2CCCC2)(C2CCN(CC3CN(c4ccc(S(C)(=O)=O)cc4)C3)CC2)C1=O. The fourth-order valence-electron chi connectivity index (χ4n) is 8.06. The van der Waals surface area contributed by atoms with Crippen molar-refractivity contribution < 1.29 is 13.2 Å². The minimum absolute atomic E-state index is 0.350. The molecular weight excluding hydrogens is 494 g/mol. The highest BCUT2D eigenvalue weighted by Crippen LogP contribution is 2.53. The zero-order chi connectivity index (χ0) is 26.5. The summed E-state index contributed by atoms with van der Waals surface area (Å²) in [6.07, 6.45) is 8.29. The summed E-state index contributed by atoms with van der Waals surface area (Å²) in [6, 6.07) is 16.1. The lowest BCUT2D eigenvalue weighted by Crippen LogP contribution is -2.59. The van der Waals surface area contributed by atoms with Gasteiger partial charge in [-0.3, -0.25) is 4.79 Å². The Labute approximate surface area is 227 Å². The van der Waals surface area contributed by atoms with Crippen LogP contribution in [0.1, 0.15) is 49.7 Å². The monoisotopic (exact) mass is 535 g/mol. The lowest BCUT2D eigenvalue weighted by molar-refractivity contribution is -0.144. The second-order valence-corrected chi connectivity index (χ2v) is 14.3. The average Bonchev–Trinajstić information content (AvgIpc) is 3.42. The number of piperidine rings is 1. The Bertz CT molecular complexity index is 1270. The summed E-state index contributed by atoms with van der Waals surface area (Å²) in [5.41, 5.74) is 3.44. The molecule has 0 spiro atoms. The molecule has 4 aliphatic rings. The van der Waals surface area contributed by atoms with Crippen LogP contribution >= 0.6 is 0 Å². The molecule has 6 nitrogen and oxygen atoms in total. The molecule has 2 saturated heterocycles.